The van der Waals surface area contributed by atoms with Crippen LogP contribution >= 0.6 is 0 Å². The summed E-state index contributed by atoms with van der Waals surface area (Å²) in [6.45, 7) is 1.51. The Labute approximate surface area is 119 Å². The van der Waals surface area contributed by atoms with E-state index in [0.29, 0.717) is 11.2 Å². The van der Waals surface area contributed by atoms with E-state index in [1.165, 1.54) is 12.7 Å². The van der Waals surface area contributed by atoms with E-state index in [9.17, 15) is 10.2 Å². The standard InChI is InChI=1S/C12H15N5O4/c18-3-6-8(19)9(20)12(21-6)17-5-15-7-10(16-1-2-16)13-4-14-11(7)17/h4-6,8-9,12,18-20H,1-3H2/t6-,8-,9-,12-/m1/s1. The predicted molar refractivity (Wildman–Crippen MR) is 70.5 cm³/mol. The van der Waals surface area contributed by atoms with E-state index in [0.717, 1.165) is 18.9 Å². The molecule has 112 valence electrons. The van der Waals surface area contributed by atoms with Gasteiger partial charge in [0, 0.05) is 13.1 Å². The molecule has 0 saturated carbocycles. The zero-order chi connectivity index (χ0) is 14.6. The fourth-order valence-electron chi connectivity index (χ4n) is 2.63. The van der Waals surface area contributed by atoms with Crippen molar-refractivity contribution in [3.05, 3.63) is 12.7 Å². The first-order valence-electron chi connectivity index (χ1n) is 6.75. The molecule has 0 aliphatic carbocycles. The number of ether oxygens (including phenoxy) is 1. The number of hydrogen-bond acceptors (Lipinski definition) is 8. The van der Waals surface area contributed by atoms with Crippen LogP contribution in [0.25, 0.3) is 11.2 Å². The fourth-order valence-corrected chi connectivity index (χ4v) is 2.63. The largest absolute Gasteiger partial charge is 0.394 e. The highest BCUT2D eigenvalue weighted by atomic mass is 16.6. The van der Waals surface area contributed by atoms with E-state index in [1.54, 1.807) is 4.57 Å². The summed E-state index contributed by atoms with van der Waals surface area (Å²) in [7, 11) is 0. The monoisotopic (exact) mass is 293 g/mol. The van der Waals surface area contributed by atoms with Gasteiger partial charge in [0.15, 0.2) is 23.2 Å². The Morgan fingerprint density at radius 2 is 2.00 bits per heavy atom. The van der Waals surface area contributed by atoms with Crippen molar-refractivity contribution in [2.75, 3.05) is 24.6 Å². The van der Waals surface area contributed by atoms with Gasteiger partial charge in [0.25, 0.3) is 0 Å². The number of nitrogens with zero attached hydrogens (tertiary/aromatic N) is 5. The van der Waals surface area contributed by atoms with Crippen LogP contribution in [0.1, 0.15) is 6.23 Å². The lowest BCUT2D eigenvalue weighted by Gasteiger charge is -2.16. The van der Waals surface area contributed by atoms with Crippen molar-refractivity contribution in [3.63, 3.8) is 0 Å². The molecule has 2 aromatic heterocycles. The Bertz CT molecular complexity index is 673. The van der Waals surface area contributed by atoms with E-state index in [2.05, 4.69) is 19.9 Å². The molecule has 2 fully saturated rings. The number of rotatable bonds is 3. The zero-order valence-electron chi connectivity index (χ0n) is 11.1. The molecule has 9 nitrogen and oxygen atoms in total. The van der Waals surface area contributed by atoms with Gasteiger partial charge in [-0.2, -0.15) is 0 Å². The molecule has 21 heavy (non-hydrogen) atoms. The number of anilines is 1. The lowest BCUT2D eigenvalue weighted by molar-refractivity contribution is -0.0511. The maximum absolute atomic E-state index is 10.1. The summed E-state index contributed by atoms with van der Waals surface area (Å²) in [4.78, 5) is 14.8. The first kappa shape index (κ1) is 12.9. The molecule has 0 radical (unpaired) electrons. The predicted octanol–water partition coefficient (Wildman–Crippen LogP) is -1.74. The summed E-state index contributed by atoms with van der Waals surface area (Å²) in [5.41, 5.74) is 1.16. The normalized spacial score (nSPS) is 32.0. The van der Waals surface area contributed by atoms with Crippen LogP contribution in [-0.4, -0.2) is 72.8 Å². The fraction of sp³-hybridized carbons (Fsp3) is 0.583. The van der Waals surface area contributed by atoms with E-state index in [1.807, 2.05) is 0 Å². The molecule has 0 spiro atoms. The second kappa shape index (κ2) is 4.60. The molecular weight excluding hydrogens is 278 g/mol. The molecule has 2 aromatic rings. The SMILES string of the molecule is OC[C@H]1O[C@@H](n2cnc3c(N4CC4)ncnc32)[C@H](O)[C@@H]1O. The second-order valence-corrected chi connectivity index (χ2v) is 5.24. The van der Waals surface area contributed by atoms with Crippen molar-refractivity contribution < 1.29 is 20.1 Å². The molecular formula is C12H15N5O4. The van der Waals surface area contributed by atoms with Crippen LogP contribution < -0.4 is 4.90 Å². The van der Waals surface area contributed by atoms with E-state index >= 15 is 0 Å². The Morgan fingerprint density at radius 3 is 2.67 bits per heavy atom. The van der Waals surface area contributed by atoms with Gasteiger partial charge in [0.05, 0.1) is 12.9 Å². The summed E-state index contributed by atoms with van der Waals surface area (Å²) in [5, 5.41) is 29.1. The van der Waals surface area contributed by atoms with E-state index in [-0.39, 0.29) is 6.61 Å². The third-order valence-corrected chi connectivity index (χ3v) is 3.88. The molecule has 9 heteroatoms. The molecule has 2 aliphatic heterocycles. The third-order valence-electron chi connectivity index (χ3n) is 3.88. The minimum Gasteiger partial charge on any atom is -0.394 e. The van der Waals surface area contributed by atoms with Gasteiger partial charge in [-0.3, -0.25) is 4.57 Å². The first-order valence-corrected chi connectivity index (χ1v) is 6.75. The molecule has 0 unspecified atom stereocenters. The van der Waals surface area contributed by atoms with Gasteiger partial charge in [0.1, 0.15) is 24.6 Å². The summed E-state index contributed by atoms with van der Waals surface area (Å²) in [5.74, 6) is 0.755. The summed E-state index contributed by atoms with van der Waals surface area (Å²) < 4.78 is 7.07. The average Bonchev–Trinajstić information content (AvgIpc) is 3.20. The molecule has 4 atom stereocenters. The van der Waals surface area contributed by atoms with Gasteiger partial charge in [-0.15, -0.1) is 0 Å². The van der Waals surface area contributed by atoms with Gasteiger partial charge in [0.2, 0.25) is 0 Å². The summed E-state index contributed by atoms with van der Waals surface area (Å²) in [6.07, 6.45) is -1.01. The first-order chi connectivity index (χ1) is 10.2. The van der Waals surface area contributed by atoms with Crippen LogP contribution in [0, 0.1) is 0 Å². The number of hydrogen-bond donors (Lipinski definition) is 3. The number of aromatic nitrogens is 4. The molecule has 4 rings (SSSR count). The van der Waals surface area contributed by atoms with Gasteiger partial charge < -0.3 is 25.0 Å². The molecule has 0 amide bonds. The Hall–Kier alpha value is -1.81. The maximum Gasteiger partial charge on any atom is 0.167 e. The average molecular weight is 293 g/mol. The third kappa shape index (κ3) is 1.89. The van der Waals surface area contributed by atoms with Gasteiger partial charge in [-0.1, -0.05) is 0 Å². The lowest BCUT2D eigenvalue weighted by Crippen LogP contribution is -2.33. The van der Waals surface area contributed by atoms with Crippen LogP contribution in [0.5, 0.6) is 0 Å². The molecule has 0 aromatic carbocycles. The van der Waals surface area contributed by atoms with Crippen LogP contribution in [0.4, 0.5) is 5.82 Å². The minimum absolute atomic E-state index is 0.366. The molecule has 0 bridgehead atoms. The van der Waals surface area contributed by atoms with Crippen LogP contribution in [0.3, 0.4) is 0 Å². The number of imidazole rings is 1. The Morgan fingerprint density at radius 1 is 1.19 bits per heavy atom. The van der Waals surface area contributed by atoms with Crippen LogP contribution in [-0.2, 0) is 4.74 Å². The number of aliphatic hydroxyl groups excluding tert-OH is 3. The maximum atomic E-state index is 10.1. The molecule has 2 saturated heterocycles. The highest BCUT2D eigenvalue weighted by Crippen LogP contribution is 2.33. The van der Waals surface area contributed by atoms with Gasteiger partial charge >= 0.3 is 0 Å². The minimum atomic E-state index is -1.15. The van der Waals surface area contributed by atoms with E-state index < -0.39 is 24.5 Å². The van der Waals surface area contributed by atoms with Crippen molar-refractivity contribution in [2.45, 2.75) is 24.5 Å². The smallest absolute Gasteiger partial charge is 0.167 e. The van der Waals surface area contributed by atoms with Crippen LogP contribution in [0.2, 0.25) is 0 Å². The van der Waals surface area contributed by atoms with Crippen molar-refractivity contribution in [1.29, 1.82) is 0 Å². The topological polar surface area (TPSA) is 117 Å². The summed E-state index contributed by atoms with van der Waals surface area (Å²) in [6, 6.07) is 0. The van der Waals surface area contributed by atoms with Crippen molar-refractivity contribution in [1.82, 2.24) is 19.5 Å². The van der Waals surface area contributed by atoms with E-state index in [4.69, 9.17) is 9.84 Å². The highest BCUT2D eigenvalue weighted by molar-refractivity contribution is 5.84. The Kier molecular flexibility index (Phi) is 2.82. The van der Waals surface area contributed by atoms with Crippen molar-refractivity contribution in [3.8, 4) is 0 Å². The number of aliphatic hydroxyl groups is 3. The number of fused-ring (bicyclic) bond motifs is 1. The van der Waals surface area contributed by atoms with Crippen molar-refractivity contribution >= 4 is 17.0 Å². The zero-order valence-corrected chi connectivity index (χ0v) is 11.1. The molecule has 4 heterocycles. The van der Waals surface area contributed by atoms with Crippen molar-refractivity contribution in [2.24, 2.45) is 0 Å². The van der Waals surface area contributed by atoms with Crippen LogP contribution in [0.15, 0.2) is 12.7 Å². The second-order valence-electron chi connectivity index (χ2n) is 5.24. The molecule has 2 aliphatic rings. The van der Waals surface area contributed by atoms with Gasteiger partial charge in [-0.25, -0.2) is 15.0 Å². The lowest BCUT2D eigenvalue weighted by atomic mass is 10.1. The molecule has 3 N–H and O–H groups in total. The highest BCUT2D eigenvalue weighted by Gasteiger charge is 2.44. The van der Waals surface area contributed by atoms with Gasteiger partial charge in [-0.05, 0) is 0 Å². The quantitative estimate of drug-likeness (QED) is 0.571. The Balaban J connectivity index is 1.76. The summed E-state index contributed by atoms with van der Waals surface area (Å²) >= 11 is 0.